The summed E-state index contributed by atoms with van der Waals surface area (Å²) < 4.78 is 0. The average Bonchev–Trinajstić information content (AvgIpc) is 2.98. The minimum absolute atomic E-state index is 0.0783. The van der Waals surface area contributed by atoms with Crippen molar-refractivity contribution in [3.05, 3.63) is 53.2 Å². The van der Waals surface area contributed by atoms with Crippen LogP contribution in [0.2, 0.25) is 0 Å². The van der Waals surface area contributed by atoms with Gasteiger partial charge in [0.05, 0.1) is 16.3 Å². The van der Waals surface area contributed by atoms with Gasteiger partial charge in [-0.1, -0.05) is 6.07 Å². The Bertz CT molecular complexity index is 591. The first-order valence-corrected chi connectivity index (χ1v) is 6.50. The predicted octanol–water partition coefficient (Wildman–Crippen LogP) is 2.39. The van der Waals surface area contributed by atoms with Crippen LogP contribution in [0.5, 0.6) is 0 Å². The van der Waals surface area contributed by atoms with Gasteiger partial charge in [-0.05, 0) is 35.7 Å². The van der Waals surface area contributed by atoms with Crippen molar-refractivity contribution in [3.63, 3.8) is 0 Å². The Labute approximate surface area is 115 Å². The number of thiophene rings is 1. The number of hydrogen-bond donors (Lipinski definition) is 0. The maximum absolute atomic E-state index is 12.2. The van der Waals surface area contributed by atoms with E-state index >= 15 is 0 Å². The third-order valence-corrected chi connectivity index (χ3v) is 3.45. The Kier molecular flexibility index (Phi) is 4.20. The molecule has 0 radical (unpaired) electrons. The van der Waals surface area contributed by atoms with E-state index in [4.69, 9.17) is 0 Å². The smallest absolute Gasteiger partial charge is 0.262 e. The molecule has 1 amide bonds. The van der Waals surface area contributed by atoms with Crippen molar-refractivity contribution in [3.8, 4) is 0 Å². The third-order valence-electron chi connectivity index (χ3n) is 2.51. The van der Waals surface area contributed by atoms with E-state index in [0.717, 1.165) is 5.00 Å². The number of likely N-dealkylation sites (N-methyl/N-ethyl adjacent to an activating group) is 1. The summed E-state index contributed by atoms with van der Waals surface area (Å²) in [6.07, 6.45) is 3.66. The maximum Gasteiger partial charge on any atom is 0.262 e. The highest BCUT2D eigenvalue weighted by atomic mass is 32.1. The molecular formula is C14H12N2O2S. The molecule has 0 saturated heterocycles. The molecule has 2 aromatic heterocycles. The van der Waals surface area contributed by atoms with Crippen LogP contribution in [0, 0.1) is 0 Å². The fourth-order valence-electron chi connectivity index (χ4n) is 1.52. The number of aromatic nitrogens is 1. The minimum atomic E-state index is -0.344. The summed E-state index contributed by atoms with van der Waals surface area (Å²) in [5, 5.41) is 2.67. The molecule has 0 fully saturated rings. The SMILES string of the molecule is CN(C(=O)C(C=O)=Cc1ccccn1)c1cccs1. The predicted molar refractivity (Wildman–Crippen MR) is 76.0 cm³/mol. The van der Waals surface area contributed by atoms with Gasteiger partial charge in [0.2, 0.25) is 0 Å². The van der Waals surface area contributed by atoms with Gasteiger partial charge in [-0.2, -0.15) is 0 Å². The quantitative estimate of drug-likeness (QED) is 0.371. The van der Waals surface area contributed by atoms with Crippen molar-refractivity contribution in [2.75, 3.05) is 11.9 Å². The van der Waals surface area contributed by atoms with E-state index in [0.29, 0.717) is 12.0 Å². The molecule has 0 unspecified atom stereocenters. The lowest BCUT2D eigenvalue weighted by atomic mass is 10.2. The summed E-state index contributed by atoms with van der Waals surface area (Å²) in [6.45, 7) is 0. The number of carbonyl (C=O) groups excluding carboxylic acids is 2. The van der Waals surface area contributed by atoms with Crippen LogP contribution in [0.3, 0.4) is 0 Å². The molecule has 0 aliphatic carbocycles. The zero-order chi connectivity index (χ0) is 13.7. The topological polar surface area (TPSA) is 50.3 Å². The molecular weight excluding hydrogens is 260 g/mol. The van der Waals surface area contributed by atoms with Crippen LogP contribution in [0.25, 0.3) is 6.08 Å². The molecule has 4 nitrogen and oxygen atoms in total. The molecule has 5 heteroatoms. The molecule has 2 aromatic rings. The molecule has 0 aliphatic heterocycles. The van der Waals surface area contributed by atoms with Gasteiger partial charge in [-0.25, -0.2) is 0 Å². The lowest BCUT2D eigenvalue weighted by Crippen LogP contribution is -2.27. The van der Waals surface area contributed by atoms with Crippen molar-refractivity contribution in [2.45, 2.75) is 0 Å². The van der Waals surface area contributed by atoms with Crippen molar-refractivity contribution in [1.29, 1.82) is 0 Å². The van der Waals surface area contributed by atoms with Gasteiger partial charge in [0.15, 0.2) is 6.29 Å². The van der Waals surface area contributed by atoms with E-state index in [2.05, 4.69) is 4.98 Å². The second-order valence-corrected chi connectivity index (χ2v) is 4.71. The van der Waals surface area contributed by atoms with Gasteiger partial charge >= 0.3 is 0 Å². The highest BCUT2D eigenvalue weighted by Crippen LogP contribution is 2.21. The molecule has 0 spiro atoms. The fourth-order valence-corrected chi connectivity index (χ4v) is 2.22. The van der Waals surface area contributed by atoms with Gasteiger partial charge in [-0.3, -0.25) is 14.6 Å². The van der Waals surface area contributed by atoms with Crippen LogP contribution in [0.1, 0.15) is 5.69 Å². The molecule has 2 rings (SSSR count). The average molecular weight is 272 g/mol. The van der Waals surface area contributed by atoms with Crippen molar-refractivity contribution < 1.29 is 9.59 Å². The van der Waals surface area contributed by atoms with Crippen molar-refractivity contribution in [1.82, 2.24) is 4.98 Å². The van der Waals surface area contributed by atoms with E-state index in [1.54, 1.807) is 31.4 Å². The Morgan fingerprint density at radius 3 is 2.74 bits per heavy atom. The molecule has 0 aliphatic rings. The van der Waals surface area contributed by atoms with Crippen LogP contribution in [0.15, 0.2) is 47.5 Å². The van der Waals surface area contributed by atoms with Gasteiger partial charge in [0.1, 0.15) is 0 Å². The summed E-state index contributed by atoms with van der Waals surface area (Å²) in [5.41, 5.74) is 0.659. The summed E-state index contributed by atoms with van der Waals surface area (Å²) in [7, 11) is 1.64. The Morgan fingerprint density at radius 2 is 2.16 bits per heavy atom. The summed E-state index contributed by atoms with van der Waals surface area (Å²) in [5.74, 6) is -0.344. The summed E-state index contributed by atoms with van der Waals surface area (Å²) >= 11 is 1.44. The van der Waals surface area contributed by atoms with Crippen LogP contribution < -0.4 is 4.90 Å². The van der Waals surface area contributed by atoms with Crippen molar-refractivity contribution in [2.24, 2.45) is 0 Å². The third kappa shape index (κ3) is 3.14. The van der Waals surface area contributed by atoms with E-state index in [1.165, 1.54) is 22.3 Å². The molecule has 2 heterocycles. The molecule has 0 bridgehead atoms. The standard InChI is InChI=1S/C14H12N2O2S/c1-16(13-6-4-8-19-13)14(18)11(10-17)9-12-5-2-3-7-15-12/h2-10H,1H3. The minimum Gasteiger partial charge on any atom is -0.303 e. The Hall–Kier alpha value is -2.27. The van der Waals surface area contributed by atoms with Gasteiger partial charge in [0, 0.05) is 13.2 Å². The molecule has 19 heavy (non-hydrogen) atoms. The Morgan fingerprint density at radius 1 is 1.32 bits per heavy atom. The Balaban J connectivity index is 2.25. The molecule has 0 saturated carbocycles. The maximum atomic E-state index is 12.2. The number of amides is 1. The van der Waals surface area contributed by atoms with E-state index < -0.39 is 0 Å². The monoisotopic (exact) mass is 272 g/mol. The van der Waals surface area contributed by atoms with E-state index in [9.17, 15) is 9.59 Å². The van der Waals surface area contributed by atoms with Gasteiger partial charge in [0.25, 0.3) is 5.91 Å². The molecule has 0 N–H and O–H groups in total. The summed E-state index contributed by atoms with van der Waals surface area (Å²) in [6, 6.07) is 8.99. The largest absolute Gasteiger partial charge is 0.303 e. The van der Waals surface area contributed by atoms with Crippen molar-refractivity contribution >= 4 is 34.6 Å². The number of pyridine rings is 1. The molecule has 96 valence electrons. The number of anilines is 1. The first-order chi connectivity index (χ1) is 9.22. The normalized spacial score (nSPS) is 11.1. The number of carbonyl (C=O) groups is 2. The van der Waals surface area contributed by atoms with Gasteiger partial charge < -0.3 is 4.90 Å². The highest BCUT2D eigenvalue weighted by molar-refractivity contribution is 7.14. The summed E-state index contributed by atoms with van der Waals surface area (Å²) in [4.78, 5) is 28.8. The van der Waals surface area contributed by atoms with Crippen LogP contribution in [0.4, 0.5) is 5.00 Å². The first-order valence-electron chi connectivity index (χ1n) is 5.62. The van der Waals surface area contributed by atoms with Gasteiger partial charge in [-0.15, -0.1) is 11.3 Å². The molecule has 0 aromatic carbocycles. The zero-order valence-corrected chi connectivity index (χ0v) is 11.1. The fraction of sp³-hybridized carbons (Fsp3) is 0.0714. The molecule has 0 atom stereocenters. The lowest BCUT2D eigenvalue weighted by Gasteiger charge is -2.14. The van der Waals surface area contributed by atoms with Crippen LogP contribution in [-0.4, -0.2) is 24.2 Å². The highest BCUT2D eigenvalue weighted by Gasteiger charge is 2.16. The number of rotatable bonds is 4. The van der Waals surface area contributed by atoms with Crippen LogP contribution >= 0.6 is 11.3 Å². The zero-order valence-electron chi connectivity index (χ0n) is 10.3. The second-order valence-electron chi connectivity index (χ2n) is 3.79. The van der Waals surface area contributed by atoms with Crippen LogP contribution in [-0.2, 0) is 9.59 Å². The number of nitrogens with zero attached hydrogens (tertiary/aromatic N) is 2. The lowest BCUT2D eigenvalue weighted by molar-refractivity contribution is -0.116. The van der Waals surface area contributed by atoms with E-state index in [-0.39, 0.29) is 11.5 Å². The first kappa shape index (κ1) is 13.2. The van der Waals surface area contributed by atoms with E-state index in [1.807, 2.05) is 17.5 Å². The number of hydrogen-bond acceptors (Lipinski definition) is 4. The second kappa shape index (κ2) is 6.06. The number of aldehydes is 1.